The highest BCUT2D eigenvalue weighted by Crippen LogP contribution is 2.33. The standard InChI is InChI=1S/C21H14N8S/c1-11-2-5-16(30-11)12-6-7-24-20-17(12)26-21(27-20)19-18-14(28-29-19)4-3-13(25-18)15-10-22-8-9-23-15/h2-10H,1H3,(H,28,29)(H,24,26,27). The zero-order valence-corrected chi connectivity index (χ0v) is 16.6. The number of hydrogen-bond donors (Lipinski definition) is 2. The van der Waals surface area contributed by atoms with Gasteiger partial charge < -0.3 is 4.98 Å². The molecule has 6 aromatic rings. The zero-order valence-electron chi connectivity index (χ0n) is 15.8. The number of aryl methyl sites for hydroxylation is 1. The summed E-state index contributed by atoms with van der Waals surface area (Å²) in [7, 11) is 0. The lowest BCUT2D eigenvalue weighted by Crippen LogP contribution is -1.89. The molecule has 0 aliphatic carbocycles. The highest BCUT2D eigenvalue weighted by molar-refractivity contribution is 7.15. The Hall–Kier alpha value is -3.98. The Balaban J connectivity index is 1.52. The van der Waals surface area contributed by atoms with Crippen molar-refractivity contribution in [3.63, 3.8) is 0 Å². The molecule has 0 amide bonds. The highest BCUT2D eigenvalue weighted by Gasteiger charge is 2.17. The highest BCUT2D eigenvalue weighted by atomic mass is 32.1. The summed E-state index contributed by atoms with van der Waals surface area (Å²) in [5, 5.41) is 7.49. The molecular formula is C21H14N8S. The van der Waals surface area contributed by atoms with Crippen molar-refractivity contribution in [3.8, 4) is 33.3 Å². The van der Waals surface area contributed by atoms with E-state index in [-0.39, 0.29) is 0 Å². The number of aromatic amines is 2. The second-order valence-electron chi connectivity index (χ2n) is 6.81. The van der Waals surface area contributed by atoms with Crippen LogP contribution in [0.1, 0.15) is 4.88 Å². The maximum absolute atomic E-state index is 4.76. The van der Waals surface area contributed by atoms with Crippen molar-refractivity contribution in [2.75, 3.05) is 0 Å². The molecule has 6 heterocycles. The molecule has 0 aromatic carbocycles. The van der Waals surface area contributed by atoms with Gasteiger partial charge in [-0.05, 0) is 37.3 Å². The van der Waals surface area contributed by atoms with Crippen LogP contribution < -0.4 is 0 Å². The molecule has 0 spiro atoms. The van der Waals surface area contributed by atoms with Crippen molar-refractivity contribution in [3.05, 3.63) is 60.0 Å². The van der Waals surface area contributed by atoms with Gasteiger partial charge in [-0.15, -0.1) is 11.3 Å². The van der Waals surface area contributed by atoms with E-state index in [1.165, 1.54) is 9.75 Å². The lowest BCUT2D eigenvalue weighted by atomic mass is 10.2. The third-order valence-electron chi connectivity index (χ3n) is 4.86. The lowest BCUT2D eigenvalue weighted by Gasteiger charge is -1.99. The van der Waals surface area contributed by atoms with Crippen LogP contribution in [0.3, 0.4) is 0 Å². The van der Waals surface area contributed by atoms with Gasteiger partial charge in [0.25, 0.3) is 0 Å². The molecule has 0 saturated heterocycles. The molecule has 9 heteroatoms. The van der Waals surface area contributed by atoms with Crippen LogP contribution in [0.15, 0.2) is 55.1 Å². The average molecular weight is 410 g/mol. The van der Waals surface area contributed by atoms with E-state index in [1.807, 2.05) is 18.2 Å². The molecule has 0 radical (unpaired) electrons. The number of imidazole rings is 1. The molecule has 144 valence electrons. The van der Waals surface area contributed by atoms with Gasteiger partial charge in [-0.25, -0.2) is 15.0 Å². The summed E-state index contributed by atoms with van der Waals surface area (Å²) < 4.78 is 0. The minimum atomic E-state index is 0.619. The molecule has 0 atom stereocenters. The maximum atomic E-state index is 4.76. The summed E-state index contributed by atoms with van der Waals surface area (Å²) in [5.74, 6) is 0.619. The number of rotatable bonds is 3. The SMILES string of the molecule is Cc1ccc(-c2ccnc3nc(-c4n[nH]c5ccc(-c6cnccn6)nc45)[nH]c23)s1. The normalized spacial score (nSPS) is 11.5. The van der Waals surface area contributed by atoms with Crippen molar-refractivity contribution in [2.45, 2.75) is 6.92 Å². The van der Waals surface area contributed by atoms with Gasteiger partial charge in [0.15, 0.2) is 17.2 Å². The first-order valence-electron chi connectivity index (χ1n) is 9.30. The summed E-state index contributed by atoms with van der Waals surface area (Å²) >= 11 is 1.74. The first-order valence-corrected chi connectivity index (χ1v) is 10.1. The summed E-state index contributed by atoms with van der Waals surface area (Å²) in [6, 6.07) is 10.1. The number of fused-ring (bicyclic) bond motifs is 2. The Morgan fingerprint density at radius 3 is 2.70 bits per heavy atom. The number of nitrogens with zero attached hydrogens (tertiary/aromatic N) is 6. The van der Waals surface area contributed by atoms with Gasteiger partial charge in [0.05, 0.1) is 22.9 Å². The number of thiophene rings is 1. The molecule has 2 N–H and O–H groups in total. The number of hydrogen-bond acceptors (Lipinski definition) is 7. The van der Waals surface area contributed by atoms with Gasteiger partial charge >= 0.3 is 0 Å². The van der Waals surface area contributed by atoms with E-state index in [4.69, 9.17) is 4.98 Å². The van der Waals surface area contributed by atoms with Gasteiger partial charge in [0.1, 0.15) is 11.2 Å². The van der Waals surface area contributed by atoms with E-state index >= 15 is 0 Å². The first-order chi connectivity index (χ1) is 14.8. The average Bonchev–Trinajstić information content (AvgIpc) is 3.51. The largest absolute Gasteiger partial charge is 0.335 e. The fraction of sp³-hybridized carbons (Fsp3) is 0.0476. The maximum Gasteiger partial charge on any atom is 0.178 e. The number of H-pyrrole nitrogens is 2. The van der Waals surface area contributed by atoms with Crippen molar-refractivity contribution in [1.82, 2.24) is 40.1 Å². The minimum Gasteiger partial charge on any atom is -0.335 e. The van der Waals surface area contributed by atoms with Gasteiger partial charge in [0, 0.05) is 33.9 Å². The molecule has 30 heavy (non-hydrogen) atoms. The van der Waals surface area contributed by atoms with E-state index in [1.54, 1.807) is 36.1 Å². The van der Waals surface area contributed by atoms with Crippen molar-refractivity contribution in [2.24, 2.45) is 0 Å². The zero-order chi connectivity index (χ0) is 20.1. The second kappa shape index (κ2) is 6.53. The molecule has 6 aromatic heterocycles. The smallest absolute Gasteiger partial charge is 0.178 e. The van der Waals surface area contributed by atoms with Gasteiger partial charge in [-0.1, -0.05) is 0 Å². The summed E-state index contributed by atoms with van der Waals surface area (Å²) in [6.07, 6.45) is 6.76. The molecule has 0 bridgehead atoms. The number of pyridine rings is 2. The molecule has 0 aliphatic rings. The summed E-state index contributed by atoms with van der Waals surface area (Å²) in [6.45, 7) is 2.10. The van der Waals surface area contributed by atoms with Crippen LogP contribution >= 0.6 is 11.3 Å². The predicted octanol–water partition coefficient (Wildman–Crippen LogP) is 4.39. The minimum absolute atomic E-state index is 0.619. The van der Waals surface area contributed by atoms with Crippen LogP contribution in [0, 0.1) is 6.92 Å². The van der Waals surface area contributed by atoms with Crippen LogP contribution in [0.4, 0.5) is 0 Å². The van der Waals surface area contributed by atoms with E-state index in [9.17, 15) is 0 Å². The Morgan fingerprint density at radius 1 is 0.900 bits per heavy atom. The molecule has 0 saturated carbocycles. The Morgan fingerprint density at radius 2 is 1.87 bits per heavy atom. The van der Waals surface area contributed by atoms with Gasteiger partial charge in [-0.3, -0.25) is 15.1 Å². The monoisotopic (exact) mass is 410 g/mol. The second-order valence-corrected chi connectivity index (χ2v) is 8.10. The van der Waals surface area contributed by atoms with Crippen LogP contribution in [0.25, 0.3) is 55.5 Å². The van der Waals surface area contributed by atoms with Gasteiger partial charge in [-0.2, -0.15) is 5.10 Å². The first kappa shape index (κ1) is 16.9. The van der Waals surface area contributed by atoms with Crippen molar-refractivity contribution in [1.29, 1.82) is 0 Å². The molecule has 0 aliphatic heterocycles. The molecule has 8 nitrogen and oxygen atoms in total. The number of nitrogens with one attached hydrogen (secondary N) is 2. The summed E-state index contributed by atoms with van der Waals surface area (Å²) in [5.41, 5.74) is 6.21. The Bertz CT molecular complexity index is 1510. The van der Waals surface area contributed by atoms with Crippen LogP contribution in [-0.2, 0) is 0 Å². The van der Waals surface area contributed by atoms with Crippen LogP contribution in [0.5, 0.6) is 0 Å². The van der Waals surface area contributed by atoms with Gasteiger partial charge in [0.2, 0.25) is 0 Å². The topological polar surface area (TPSA) is 109 Å². The van der Waals surface area contributed by atoms with E-state index in [0.717, 1.165) is 22.3 Å². The van der Waals surface area contributed by atoms with E-state index in [0.29, 0.717) is 28.4 Å². The van der Waals surface area contributed by atoms with Crippen LogP contribution in [-0.4, -0.2) is 40.1 Å². The van der Waals surface area contributed by atoms with Crippen molar-refractivity contribution < 1.29 is 0 Å². The fourth-order valence-corrected chi connectivity index (χ4v) is 4.34. The Kier molecular flexibility index (Phi) is 3.68. The number of aromatic nitrogens is 8. The predicted molar refractivity (Wildman–Crippen MR) is 116 cm³/mol. The van der Waals surface area contributed by atoms with E-state index in [2.05, 4.69) is 54.2 Å². The van der Waals surface area contributed by atoms with E-state index < -0.39 is 0 Å². The van der Waals surface area contributed by atoms with Crippen molar-refractivity contribution >= 4 is 33.5 Å². The third kappa shape index (κ3) is 2.67. The summed E-state index contributed by atoms with van der Waals surface area (Å²) in [4.78, 5) is 28.2. The molecule has 6 rings (SSSR count). The quantitative estimate of drug-likeness (QED) is 0.448. The molecule has 0 unspecified atom stereocenters. The fourth-order valence-electron chi connectivity index (χ4n) is 3.45. The molecule has 0 fully saturated rings. The third-order valence-corrected chi connectivity index (χ3v) is 5.89. The molecular weight excluding hydrogens is 396 g/mol. The lowest BCUT2D eigenvalue weighted by molar-refractivity contribution is 1.10. The van der Waals surface area contributed by atoms with Crippen LogP contribution in [0.2, 0.25) is 0 Å². The Labute approximate surface area is 174 Å².